The van der Waals surface area contributed by atoms with E-state index in [1.807, 2.05) is 24.8 Å². The molecule has 1 aromatic carbocycles. The molecule has 1 unspecified atom stereocenters. The molecule has 1 aliphatic rings. The molecule has 1 amide bonds. The molecule has 1 saturated heterocycles. The number of carbonyl (C=O) groups excluding carboxylic acids is 1. The van der Waals surface area contributed by atoms with Crippen molar-refractivity contribution >= 4 is 35.8 Å². The van der Waals surface area contributed by atoms with Gasteiger partial charge in [0.1, 0.15) is 11.6 Å². The Labute approximate surface area is 199 Å². The highest BCUT2D eigenvalue weighted by molar-refractivity contribution is 14.0. The van der Waals surface area contributed by atoms with Crippen molar-refractivity contribution in [3.63, 3.8) is 0 Å². The normalized spacial score (nSPS) is 15.9. The van der Waals surface area contributed by atoms with Crippen molar-refractivity contribution in [3.8, 4) is 11.6 Å². The molecular formula is C22H29FIN5O2. The predicted octanol–water partition coefficient (Wildman–Crippen LogP) is 3.70. The van der Waals surface area contributed by atoms with Gasteiger partial charge >= 0.3 is 0 Å². The van der Waals surface area contributed by atoms with Gasteiger partial charge in [-0.3, -0.25) is 4.79 Å². The molecule has 0 radical (unpaired) electrons. The van der Waals surface area contributed by atoms with E-state index in [0.717, 1.165) is 25.1 Å². The fourth-order valence-electron chi connectivity index (χ4n) is 3.23. The number of aliphatic imine (C=N–C) groups is 1. The predicted molar refractivity (Wildman–Crippen MR) is 129 cm³/mol. The molecule has 3 rings (SSSR count). The molecule has 2 aromatic rings. The van der Waals surface area contributed by atoms with Crippen LogP contribution < -0.4 is 15.4 Å². The molecule has 9 heteroatoms. The number of likely N-dealkylation sites (tertiary alicyclic amines) is 1. The minimum atomic E-state index is -0.355. The Bertz CT molecular complexity index is 878. The lowest BCUT2D eigenvalue weighted by molar-refractivity contribution is -0.129. The highest BCUT2D eigenvalue weighted by atomic mass is 127. The maximum absolute atomic E-state index is 13.3. The standard InChI is InChI=1S/C22H28FN5O2.HI/c1-3-21(29)28-11-10-18(15-28)27-22(24-4-2)26-14-16-8-9-20(25-13-16)30-19-7-5-6-17(23)12-19;/h5-9,12-13,18H,3-4,10-11,14-15H2,1-2H3,(H2,24,26,27);1H. The van der Waals surface area contributed by atoms with E-state index in [1.165, 1.54) is 12.1 Å². The number of rotatable bonds is 7. The summed E-state index contributed by atoms with van der Waals surface area (Å²) in [6.45, 7) is 6.57. The van der Waals surface area contributed by atoms with Crippen molar-refractivity contribution in [1.82, 2.24) is 20.5 Å². The Morgan fingerprint density at radius 1 is 1.32 bits per heavy atom. The van der Waals surface area contributed by atoms with Gasteiger partial charge < -0.3 is 20.3 Å². The van der Waals surface area contributed by atoms with Gasteiger partial charge in [0.2, 0.25) is 11.8 Å². The summed E-state index contributed by atoms with van der Waals surface area (Å²) in [6.07, 6.45) is 3.13. The zero-order chi connectivity index (χ0) is 21.3. The van der Waals surface area contributed by atoms with Crippen LogP contribution in [-0.2, 0) is 11.3 Å². The zero-order valence-corrected chi connectivity index (χ0v) is 20.1. The molecule has 0 bridgehead atoms. The molecule has 2 N–H and O–H groups in total. The van der Waals surface area contributed by atoms with Gasteiger partial charge in [0.05, 0.1) is 6.54 Å². The lowest BCUT2D eigenvalue weighted by Crippen LogP contribution is -2.45. The van der Waals surface area contributed by atoms with E-state index in [0.29, 0.717) is 37.1 Å². The highest BCUT2D eigenvalue weighted by Gasteiger charge is 2.25. The third-order valence-electron chi connectivity index (χ3n) is 4.76. The summed E-state index contributed by atoms with van der Waals surface area (Å²) in [5, 5.41) is 6.65. The first kappa shape index (κ1) is 24.8. The summed E-state index contributed by atoms with van der Waals surface area (Å²) in [4.78, 5) is 22.6. The molecule has 31 heavy (non-hydrogen) atoms. The SMILES string of the molecule is CCNC(=NCc1ccc(Oc2cccc(F)c2)nc1)NC1CCN(C(=O)CC)C1.I. The number of ether oxygens (including phenoxy) is 1. The third kappa shape index (κ3) is 7.64. The minimum Gasteiger partial charge on any atom is -0.439 e. The lowest BCUT2D eigenvalue weighted by Gasteiger charge is -2.18. The molecule has 2 heterocycles. The fraction of sp³-hybridized carbons (Fsp3) is 0.409. The molecule has 1 fully saturated rings. The number of pyridine rings is 1. The number of nitrogens with zero attached hydrogens (tertiary/aromatic N) is 3. The van der Waals surface area contributed by atoms with Crippen LogP contribution in [0.5, 0.6) is 11.6 Å². The smallest absolute Gasteiger partial charge is 0.222 e. The molecular weight excluding hydrogens is 512 g/mol. The van der Waals surface area contributed by atoms with E-state index in [-0.39, 0.29) is 41.7 Å². The Kier molecular flexibility index (Phi) is 9.96. The van der Waals surface area contributed by atoms with Crippen LogP contribution in [0.1, 0.15) is 32.3 Å². The Balaban J connectivity index is 0.00000341. The summed E-state index contributed by atoms with van der Waals surface area (Å²) in [5.74, 6) is 1.34. The van der Waals surface area contributed by atoms with Crippen LogP contribution in [0.15, 0.2) is 47.6 Å². The number of aromatic nitrogens is 1. The van der Waals surface area contributed by atoms with Crippen molar-refractivity contribution in [2.45, 2.75) is 39.3 Å². The van der Waals surface area contributed by atoms with Gasteiger partial charge in [0, 0.05) is 50.4 Å². The zero-order valence-electron chi connectivity index (χ0n) is 17.8. The number of carbonyl (C=O) groups is 1. The van der Waals surface area contributed by atoms with Gasteiger partial charge in [0.15, 0.2) is 5.96 Å². The number of benzene rings is 1. The van der Waals surface area contributed by atoms with Gasteiger partial charge in [-0.25, -0.2) is 14.4 Å². The quantitative estimate of drug-likeness (QED) is 0.318. The van der Waals surface area contributed by atoms with Gasteiger partial charge in [-0.1, -0.05) is 19.1 Å². The van der Waals surface area contributed by atoms with Crippen LogP contribution in [-0.4, -0.2) is 47.4 Å². The number of hydrogen-bond acceptors (Lipinski definition) is 4. The van der Waals surface area contributed by atoms with Crippen molar-refractivity contribution in [1.29, 1.82) is 0 Å². The summed E-state index contributed by atoms with van der Waals surface area (Å²) < 4.78 is 18.8. The van der Waals surface area contributed by atoms with Crippen LogP contribution in [0.3, 0.4) is 0 Å². The van der Waals surface area contributed by atoms with Gasteiger partial charge in [-0.15, -0.1) is 24.0 Å². The highest BCUT2D eigenvalue weighted by Crippen LogP contribution is 2.20. The van der Waals surface area contributed by atoms with Crippen LogP contribution in [0, 0.1) is 5.82 Å². The number of halogens is 2. The maximum Gasteiger partial charge on any atom is 0.222 e. The first-order chi connectivity index (χ1) is 14.6. The molecule has 168 valence electrons. The van der Waals surface area contributed by atoms with Gasteiger partial charge in [-0.2, -0.15) is 0 Å². The van der Waals surface area contributed by atoms with E-state index >= 15 is 0 Å². The molecule has 0 saturated carbocycles. The van der Waals surface area contributed by atoms with Crippen LogP contribution in [0.25, 0.3) is 0 Å². The fourth-order valence-corrected chi connectivity index (χ4v) is 3.23. The number of nitrogens with one attached hydrogen (secondary N) is 2. The van der Waals surface area contributed by atoms with E-state index in [2.05, 4.69) is 20.6 Å². The number of guanidine groups is 1. The Morgan fingerprint density at radius 2 is 2.16 bits per heavy atom. The molecule has 1 atom stereocenters. The Morgan fingerprint density at radius 3 is 2.84 bits per heavy atom. The summed E-state index contributed by atoms with van der Waals surface area (Å²) in [7, 11) is 0. The maximum atomic E-state index is 13.3. The molecule has 7 nitrogen and oxygen atoms in total. The number of hydrogen-bond donors (Lipinski definition) is 2. The second kappa shape index (κ2) is 12.4. The van der Waals surface area contributed by atoms with Crippen LogP contribution in [0.2, 0.25) is 0 Å². The van der Waals surface area contributed by atoms with E-state index in [9.17, 15) is 9.18 Å². The number of amides is 1. The van der Waals surface area contributed by atoms with E-state index in [1.54, 1.807) is 24.4 Å². The third-order valence-corrected chi connectivity index (χ3v) is 4.76. The van der Waals surface area contributed by atoms with E-state index in [4.69, 9.17) is 4.74 Å². The second-order valence-electron chi connectivity index (χ2n) is 7.08. The van der Waals surface area contributed by atoms with Crippen LogP contribution >= 0.6 is 24.0 Å². The molecule has 1 aliphatic heterocycles. The Hall–Kier alpha value is -2.43. The second-order valence-corrected chi connectivity index (χ2v) is 7.08. The van der Waals surface area contributed by atoms with Crippen molar-refractivity contribution < 1.29 is 13.9 Å². The topological polar surface area (TPSA) is 78.9 Å². The van der Waals surface area contributed by atoms with E-state index < -0.39 is 0 Å². The summed E-state index contributed by atoms with van der Waals surface area (Å²) in [5.41, 5.74) is 0.924. The average molecular weight is 541 g/mol. The summed E-state index contributed by atoms with van der Waals surface area (Å²) >= 11 is 0. The van der Waals surface area contributed by atoms with Crippen molar-refractivity contribution in [3.05, 3.63) is 54.0 Å². The van der Waals surface area contributed by atoms with Crippen LogP contribution in [0.4, 0.5) is 4.39 Å². The molecule has 0 spiro atoms. The molecule has 1 aromatic heterocycles. The van der Waals surface area contributed by atoms with Crippen molar-refractivity contribution in [2.75, 3.05) is 19.6 Å². The lowest BCUT2D eigenvalue weighted by atomic mass is 10.2. The first-order valence-corrected chi connectivity index (χ1v) is 10.3. The van der Waals surface area contributed by atoms with Gasteiger partial charge in [0.25, 0.3) is 0 Å². The minimum absolute atomic E-state index is 0. The largest absolute Gasteiger partial charge is 0.439 e. The van der Waals surface area contributed by atoms with Crippen molar-refractivity contribution in [2.24, 2.45) is 4.99 Å². The average Bonchev–Trinajstić information content (AvgIpc) is 3.21. The summed E-state index contributed by atoms with van der Waals surface area (Å²) in [6, 6.07) is 9.75. The first-order valence-electron chi connectivity index (χ1n) is 10.3. The van der Waals surface area contributed by atoms with Gasteiger partial charge in [-0.05, 0) is 31.0 Å². The molecule has 0 aliphatic carbocycles. The monoisotopic (exact) mass is 541 g/mol.